The first-order valence-corrected chi connectivity index (χ1v) is 9.86. The normalized spacial score (nSPS) is 11.4. The van der Waals surface area contributed by atoms with Crippen LogP contribution in [0.1, 0.15) is 12.6 Å². The van der Waals surface area contributed by atoms with E-state index >= 15 is 0 Å². The molecule has 1 N–H and O–H groups in total. The maximum Gasteiger partial charge on any atom is 0.241 e. The van der Waals surface area contributed by atoms with Crippen LogP contribution in [-0.4, -0.2) is 25.0 Å². The van der Waals surface area contributed by atoms with Gasteiger partial charge in [-0.25, -0.2) is 31.9 Å². The summed E-state index contributed by atoms with van der Waals surface area (Å²) in [7, 11) is -3.95. The molecule has 0 aliphatic heterocycles. The fourth-order valence-electron chi connectivity index (χ4n) is 2.45. The number of benzene rings is 2. The van der Waals surface area contributed by atoms with Crippen molar-refractivity contribution < 1.29 is 21.9 Å². The lowest BCUT2D eigenvalue weighted by Crippen LogP contribution is -2.24. The van der Waals surface area contributed by atoms with Gasteiger partial charge in [0.25, 0.3) is 0 Å². The van der Waals surface area contributed by atoms with Gasteiger partial charge in [0.2, 0.25) is 10.0 Å². The summed E-state index contributed by atoms with van der Waals surface area (Å²) in [5, 5.41) is 0. The Morgan fingerprint density at radius 3 is 2.46 bits per heavy atom. The van der Waals surface area contributed by atoms with Crippen LogP contribution in [0.3, 0.4) is 0 Å². The van der Waals surface area contributed by atoms with Crippen LogP contribution in [0.5, 0.6) is 5.75 Å². The van der Waals surface area contributed by atoms with Gasteiger partial charge in [-0.3, -0.25) is 0 Å². The van der Waals surface area contributed by atoms with Crippen molar-refractivity contribution in [3.05, 3.63) is 72.2 Å². The minimum atomic E-state index is -3.95. The molecule has 6 nitrogen and oxygen atoms in total. The molecule has 3 rings (SSSR count). The third-order valence-electron chi connectivity index (χ3n) is 3.82. The zero-order valence-electron chi connectivity index (χ0n) is 14.9. The van der Waals surface area contributed by atoms with Crippen molar-refractivity contribution in [2.45, 2.75) is 18.4 Å². The van der Waals surface area contributed by atoms with Crippen molar-refractivity contribution in [1.82, 2.24) is 14.7 Å². The van der Waals surface area contributed by atoms with Crippen LogP contribution in [0.4, 0.5) is 8.78 Å². The minimum Gasteiger partial charge on any atom is -0.491 e. The van der Waals surface area contributed by atoms with Crippen molar-refractivity contribution in [3.8, 4) is 17.0 Å². The van der Waals surface area contributed by atoms with E-state index in [0.29, 0.717) is 17.0 Å². The summed E-state index contributed by atoms with van der Waals surface area (Å²) in [6.45, 7) is 1.85. The lowest BCUT2D eigenvalue weighted by atomic mass is 10.1. The molecule has 1 heterocycles. The highest BCUT2D eigenvalue weighted by atomic mass is 32.2. The molecule has 0 aliphatic rings. The number of ether oxygens (including phenoxy) is 1. The second-order valence-corrected chi connectivity index (χ2v) is 7.52. The summed E-state index contributed by atoms with van der Waals surface area (Å²) < 4.78 is 59.3. The van der Waals surface area contributed by atoms with Crippen molar-refractivity contribution in [1.29, 1.82) is 0 Å². The summed E-state index contributed by atoms with van der Waals surface area (Å²) >= 11 is 0. The molecule has 0 atom stereocenters. The molecule has 3 aromatic rings. The Kier molecular flexibility index (Phi) is 5.96. The number of aromatic nitrogens is 2. The number of nitrogens with zero attached hydrogens (tertiary/aromatic N) is 2. The smallest absolute Gasteiger partial charge is 0.241 e. The molecule has 1 aromatic heterocycles. The van der Waals surface area contributed by atoms with Crippen molar-refractivity contribution in [2.24, 2.45) is 0 Å². The van der Waals surface area contributed by atoms with E-state index < -0.39 is 15.8 Å². The zero-order valence-corrected chi connectivity index (χ0v) is 15.7. The molecule has 0 amide bonds. The van der Waals surface area contributed by atoms with Crippen LogP contribution in [0.2, 0.25) is 0 Å². The monoisotopic (exact) mass is 405 g/mol. The summed E-state index contributed by atoms with van der Waals surface area (Å²) in [5.41, 5.74) is 1.60. The highest BCUT2D eigenvalue weighted by Gasteiger charge is 2.17. The van der Waals surface area contributed by atoms with Crippen LogP contribution >= 0.6 is 0 Å². The van der Waals surface area contributed by atoms with E-state index in [-0.39, 0.29) is 29.6 Å². The molecule has 2 aromatic carbocycles. The Bertz CT molecular complexity index is 1070. The van der Waals surface area contributed by atoms with Gasteiger partial charge in [-0.15, -0.1) is 0 Å². The van der Waals surface area contributed by atoms with E-state index in [4.69, 9.17) is 4.74 Å². The highest BCUT2D eigenvalue weighted by Crippen LogP contribution is 2.21. The van der Waals surface area contributed by atoms with Gasteiger partial charge in [0.1, 0.15) is 12.1 Å². The highest BCUT2D eigenvalue weighted by molar-refractivity contribution is 7.89. The molecule has 0 unspecified atom stereocenters. The van der Waals surface area contributed by atoms with Crippen LogP contribution in [0, 0.1) is 11.6 Å². The minimum absolute atomic E-state index is 0.0128. The largest absolute Gasteiger partial charge is 0.491 e. The number of hydrogen-bond donors (Lipinski definition) is 1. The van der Waals surface area contributed by atoms with Crippen LogP contribution in [0.15, 0.2) is 59.8 Å². The van der Waals surface area contributed by atoms with E-state index in [9.17, 15) is 17.2 Å². The molecule has 0 saturated heterocycles. The first-order chi connectivity index (χ1) is 13.4. The lowest BCUT2D eigenvalue weighted by molar-refractivity contribution is 0.321. The predicted octanol–water partition coefficient (Wildman–Crippen LogP) is 3.30. The first-order valence-electron chi connectivity index (χ1n) is 8.38. The molecule has 0 bridgehead atoms. The molecular weight excluding hydrogens is 388 g/mol. The van der Waals surface area contributed by atoms with Crippen LogP contribution in [-0.2, 0) is 16.6 Å². The predicted molar refractivity (Wildman–Crippen MR) is 99.0 cm³/mol. The molecule has 0 radical (unpaired) electrons. The Labute approximate surface area is 161 Å². The fraction of sp³-hybridized carbons (Fsp3) is 0.158. The Morgan fingerprint density at radius 2 is 1.79 bits per heavy atom. The van der Waals surface area contributed by atoms with Gasteiger partial charge in [-0.2, -0.15) is 0 Å². The molecule has 9 heteroatoms. The quantitative estimate of drug-likeness (QED) is 0.652. The number of rotatable bonds is 7. The SMILES string of the molecule is CCOc1ccc(S(=O)(=O)NCc2cc(-c3ccc(F)cc3)ncn2)cc1F. The number of halogens is 2. The second kappa shape index (κ2) is 8.41. The van der Waals surface area contributed by atoms with E-state index in [1.54, 1.807) is 25.1 Å². The third kappa shape index (κ3) is 4.68. The second-order valence-electron chi connectivity index (χ2n) is 5.75. The molecule has 0 fully saturated rings. The van der Waals surface area contributed by atoms with Crippen molar-refractivity contribution in [2.75, 3.05) is 6.61 Å². The van der Waals surface area contributed by atoms with E-state index in [2.05, 4.69) is 14.7 Å². The Hall–Kier alpha value is -2.91. The number of hydrogen-bond acceptors (Lipinski definition) is 5. The Balaban J connectivity index is 1.75. The van der Waals surface area contributed by atoms with Crippen LogP contribution in [0.25, 0.3) is 11.3 Å². The first kappa shape index (κ1) is 19.8. The van der Waals surface area contributed by atoms with Crippen molar-refractivity contribution in [3.63, 3.8) is 0 Å². The molecule has 0 aliphatic carbocycles. The Morgan fingerprint density at radius 1 is 1.04 bits per heavy atom. The summed E-state index contributed by atoms with van der Waals surface area (Å²) in [6, 6.07) is 10.8. The maximum atomic E-state index is 13.9. The topological polar surface area (TPSA) is 81.2 Å². The standard InChI is InChI=1S/C19H17F2N3O3S/c1-2-27-19-8-7-16(10-17(19)21)28(25,26)24-11-15-9-18(23-12-22-15)13-3-5-14(20)6-4-13/h3-10,12,24H,2,11H2,1H3. The van der Waals surface area contributed by atoms with Gasteiger partial charge in [-0.05, 0) is 55.5 Å². The number of nitrogens with one attached hydrogen (secondary N) is 1. The molecule has 28 heavy (non-hydrogen) atoms. The third-order valence-corrected chi connectivity index (χ3v) is 5.22. The van der Waals surface area contributed by atoms with Gasteiger partial charge < -0.3 is 4.74 Å². The van der Waals surface area contributed by atoms with Gasteiger partial charge >= 0.3 is 0 Å². The van der Waals surface area contributed by atoms with Crippen molar-refractivity contribution >= 4 is 10.0 Å². The average Bonchev–Trinajstić information content (AvgIpc) is 2.69. The molecular formula is C19H17F2N3O3S. The lowest BCUT2D eigenvalue weighted by Gasteiger charge is -2.09. The molecule has 0 saturated carbocycles. The van der Waals surface area contributed by atoms with Gasteiger partial charge in [-0.1, -0.05) is 0 Å². The number of sulfonamides is 1. The van der Waals surface area contributed by atoms with Gasteiger partial charge in [0.15, 0.2) is 11.6 Å². The van der Waals surface area contributed by atoms with E-state index in [0.717, 1.165) is 6.07 Å². The summed E-state index contributed by atoms with van der Waals surface area (Å²) in [4.78, 5) is 7.91. The summed E-state index contributed by atoms with van der Waals surface area (Å²) in [5.74, 6) is -1.14. The fourth-order valence-corrected chi connectivity index (χ4v) is 3.46. The van der Waals surface area contributed by atoms with E-state index in [1.165, 1.54) is 30.6 Å². The molecule has 146 valence electrons. The summed E-state index contributed by atoms with van der Waals surface area (Å²) in [6.07, 6.45) is 1.29. The molecule has 0 spiro atoms. The average molecular weight is 405 g/mol. The van der Waals surface area contributed by atoms with E-state index in [1.807, 2.05) is 0 Å². The van der Waals surface area contributed by atoms with Gasteiger partial charge in [0.05, 0.1) is 29.4 Å². The maximum absolute atomic E-state index is 13.9. The van der Waals surface area contributed by atoms with Crippen LogP contribution < -0.4 is 9.46 Å². The van der Waals surface area contributed by atoms with Gasteiger partial charge in [0, 0.05) is 5.56 Å². The zero-order chi connectivity index (χ0) is 20.1.